The van der Waals surface area contributed by atoms with Gasteiger partial charge in [0.25, 0.3) is 0 Å². The van der Waals surface area contributed by atoms with Crippen molar-refractivity contribution in [2.24, 2.45) is 5.41 Å². The van der Waals surface area contributed by atoms with Crippen LogP contribution in [0.25, 0.3) is 0 Å². The lowest BCUT2D eigenvalue weighted by atomic mass is 9.87. The number of rotatable bonds is 11. The van der Waals surface area contributed by atoms with E-state index in [1.807, 2.05) is 19.2 Å². The molecule has 1 aromatic heterocycles. The summed E-state index contributed by atoms with van der Waals surface area (Å²) in [7, 11) is 0. The second-order valence-electron chi connectivity index (χ2n) is 11.0. The summed E-state index contributed by atoms with van der Waals surface area (Å²) in [5.74, 6) is 0.780. The van der Waals surface area contributed by atoms with E-state index in [2.05, 4.69) is 113 Å². The van der Waals surface area contributed by atoms with Crippen LogP contribution in [-0.4, -0.2) is 9.97 Å². The minimum atomic E-state index is 0.131. The van der Waals surface area contributed by atoms with Gasteiger partial charge in [-0.2, -0.15) is 0 Å². The van der Waals surface area contributed by atoms with E-state index < -0.39 is 0 Å². The van der Waals surface area contributed by atoms with E-state index in [4.69, 9.17) is 9.97 Å². The Labute approximate surface area is 223 Å². The molecule has 0 amide bonds. The largest absolute Gasteiger partial charge is 0.338 e. The van der Waals surface area contributed by atoms with Crippen LogP contribution < -0.4 is 5.32 Å². The fourth-order valence-electron chi connectivity index (χ4n) is 3.97. The van der Waals surface area contributed by atoms with Gasteiger partial charge in [-0.05, 0) is 60.5 Å². The van der Waals surface area contributed by atoms with Crippen molar-refractivity contribution in [3.63, 3.8) is 0 Å². The number of aromatic nitrogens is 2. The van der Waals surface area contributed by atoms with Crippen molar-refractivity contribution in [1.82, 2.24) is 9.97 Å². The highest BCUT2D eigenvalue weighted by atomic mass is 15.0. The van der Waals surface area contributed by atoms with E-state index >= 15 is 0 Å². The number of nitrogens with one attached hydrogen (secondary N) is 1. The van der Waals surface area contributed by atoms with Gasteiger partial charge in [0.15, 0.2) is 5.82 Å². The van der Waals surface area contributed by atoms with Gasteiger partial charge < -0.3 is 5.32 Å². The quantitative estimate of drug-likeness (QED) is 0.319. The lowest BCUT2D eigenvalue weighted by Gasteiger charge is -2.23. The molecule has 3 nitrogen and oxygen atoms in total. The summed E-state index contributed by atoms with van der Waals surface area (Å²) in [5, 5.41) is 3.62. The van der Waals surface area contributed by atoms with Crippen LogP contribution in [0.15, 0.2) is 120 Å². The van der Waals surface area contributed by atoms with Gasteiger partial charge in [0.05, 0.1) is 17.6 Å². The van der Waals surface area contributed by atoms with Gasteiger partial charge in [-0.15, -0.1) is 0 Å². The molecule has 1 aliphatic rings. The molecule has 37 heavy (non-hydrogen) atoms. The Kier molecular flexibility index (Phi) is 9.79. The van der Waals surface area contributed by atoms with Crippen molar-refractivity contribution in [1.29, 1.82) is 0 Å². The predicted octanol–water partition coefficient (Wildman–Crippen LogP) is 8.86. The molecule has 0 bridgehead atoms. The third kappa shape index (κ3) is 9.34. The molecule has 192 valence electrons. The fourth-order valence-corrected chi connectivity index (χ4v) is 3.97. The number of allylic oxidation sites excluding steroid dienone is 11. The summed E-state index contributed by atoms with van der Waals surface area (Å²) in [6, 6.07) is 10.4. The van der Waals surface area contributed by atoms with Crippen molar-refractivity contribution in [2.75, 3.05) is 5.32 Å². The van der Waals surface area contributed by atoms with Gasteiger partial charge in [-0.3, -0.25) is 4.98 Å². The first-order valence-corrected chi connectivity index (χ1v) is 13.0. The zero-order chi connectivity index (χ0) is 26.8. The molecule has 0 unspecified atom stereocenters. The first-order valence-electron chi connectivity index (χ1n) is 13.0. The Bertz CT molecular complexity index is 1260. The summed E-state index contributed by atoms with van der Waals surface area (Å²) >= 11 is 0. The number of hydrogen-bond donors (Lipinski definition) is 1. The lowest BCUT2D eigenvalue weighted by Crippen LogP contribution is -2.13. The molecule has 1 aliphatic carbocycles. The van der Waals surface area contributed by atoms with Crippen LogP contribution in [0.4, 0.5) is 5.82 Å². The van der Waals surface area contributed by atoms with Gasteiger partial charge in [0.1, 0.15) is 0 Å². The van der Waals surface area contributed by atoms with Gasteiger partial charge in [0.2, 0.25) is 0 Å². The molecule has 0 aliphatic heterocycles. The van der Waals surface area contributed by atoms with E-state index in [9.17, 15) is 0 Å². The van der Waals surface area contributed by atoms with Crippen LogP contribution in [-0.2, 0) is 12.8 Å². The maximum absolute atomic E-state index is 5.04. The van der Waals surface area contributed by atoms with E-state index in [-0.39, 0.29) is 5.41 Å². The molecule has 3 heteroatoms. The Morgan fingerprint density at radius 3 is 2.51 bits per heavy atom. The van der Waals surface area contributed by atoms with Crippen molar-refractivity contribution >= 4 is 5.82 Å². The molecule has 1 heterocycles. The number of anilines is 1. The van der Waals surface area contributed by atoms with Crippen LogP contribution >= 0.6 is 0 Å². The molecule has 1 N–H and O–H groups in total. The normalized spacial score (nSPS) is 14.2. The highest BCUT2D eigenvalue weighted by Crippen LogP contribution is 2.30. The van der Waals surface area contributed by atoms with E-state index in [1.165, 1.54) is 16.7 Å². The zero-order valence-corrected chi connectivity index (χ0v) is 23.1. The summed E-state index contributed by atoms with van der Waals surface area (Å²) < 4.78 is 0. The lowest BCUT2D eigenvalue weighted by molar-refractivity contribution is 0.412. The first kappa shape index (κ1) is 27.9. The third-order valence-corrected chi connectivity index (χ3v) is 6.10. The molecule has 0 saturated carbocycles. The van der Waals surface area contributed by atoms with Gasteiger partial charge in [-0.1, -0.05) is 106 Å². The molecule has 0 atom stereocenters. The third-order valence-electron chi connectivity index (χ3n) is 6.10. The van der Waals surface area contributed by atoms with Crippen LogP contribution in [0.5, 0.6) is 0 Å². The van der Waals surface area contributed by atoms with E-state index in [0.29, 0.717) is 12.8 Å². The number of hydrogen-bond acceptors (Lipinski definition) is 3. The van der Waals surface area contributed by atoms with Crippen molar-refractivity contribution < 1.29 is 0 Å². The van der Waals surface area contributed by atoms with Crippen molar-refractivity contribution in [3.8, 4) is 0 Å². The molecule has 0 spiro atoms. The standard InChI is InChI=1S/C34H41N3/c1-25(2)26(3)15-11-14-20-30-24-35-33(32(36-30)22-29-16-9-8-10-17-29)37-31(21-28-18-12-13-19-28)27(4)23-34(5,6)7/h8-18,21,24H,1,4,19-20,22-23H2,2-3,5-7H3,(H,35,37)/b14-11-,26-15-,31-21-. The predicted molar refractivity (Wildman–Crippen MR) is 159 cm³/mol. The summed E-state index contributed by atoms with van der Waals surface area (Å²) in [5.41, 5.74) is 8.78. The summed E-state index contributed by atoms with van der Waals surface area (Å²) in [6.45, 7) is 19.2. The maximum Gasteiger partial charge on any atom is 0.152 e. The zero-order valence-electron chi connectivity index (χ0n) is 23.1. The van der Waals surface area contributed by atoms with Crippen molar-refractivity contribution in [2.45, 2.75) is 60.3 Å². The minimum absolute atomic E-state index is 0.131. The Morgan fingerprint density at radius 2 is 1.86 bits per heavy atom. The Hall–Kier alpha value is -3.72. The van der Waals surface area contributed by atoms with Crippen LogP contribution in [0, 0.1) is 5.41 Å². The highest BCUT2D eigenvalue weighted by Gasteiger charge is 2.17. The summed E-state index contributed by atoms with van der Waals surface area (Å²) in [4.78, 5) is 9.90. The van der Waals surface area contributed by atoms with Crippen molar-refractivity contribution in [3.05, 3.63) is 137 Å². The number of benzene rings is 1. The van der Waals surface area contributed by atoms with E-state index in [1.54, 1.807) is 0 Å². The number of nitrogens with zero attached hydrogens (tertiary/aromatic N) is 2. The average molecular weight is 492 g/mol. The Morgan fingerprint density at radius 1 is 1.11 bits per heavy atom. The smallest absolute Gasteiger partial charge is 0.152 e. The topological polar surface area (TPSA) is 37.8 Å². The molecule has 3 rings (SSSR count). The average Bonchev–Trinajstić information content (AvgIpc) is 3.35. The molecular formula is C34H41N3. The second kappa shape index (κ2) is 13.0. The SMILES string of the molecule is C=C(C)/C(C)=C\C=C/Cc1cnc(N/C(=C\C2=CC=CC2)C(=C)CC(C)(C)C)c(Cc2ccccc2)n1. The molecule has 0 radical (unpaired) electrons. The van der Waals surface area contributed by atoms with E-state index in [0.717, 1.165) is 46.9 Å². The molecule has 0 fully saturated rings. The molecular weight excluding hydrogens is 450 g/mol. The first-order chi connectivity index (χ1) is 17.6. The Balaban J connectivity index is 1.92. The maximum atomic E-state index is 5.04. The molecule has 0 saturated heterocycles. The van der Waals surface area contributed by atoms with Gasteiger partial charge >= 0.3 is 0 Å². The van der Waals surface area contributed by atoms with Crippen LogP contribution in [0.2, 0.25) is 0 Å². The van der Waals surface area contributed by atoms with Gasteiger partial charge in [0, 0.05) is 18.5 Å². The molecule has 1 aromatic carbocycles. The minimum Gasteiger partial charge on any atom is -0.338 e. The molecule has 2 aromatic rings. The van der Waals surface area contributed by atoms with Gasteiger partial charge in [-0.25, -0.2) is 4.98 Å². The fraction of sp³-hybridized carbons (Fsp3) is 0.294. The second-order valence-corrected chi connectivity index (χ2v) is 11.0. The van der Waals surface area contributed by atoms with Crippen LogP contribution in [0.3, 0.4) is 0 Å². The highest BCUT2D eigenvalue weighted by molar-refractivity contribution is 5.55. The monoisotopic (exact) mass is 491 g/mol. The van der Waals surface area contributed by atoms with Crippen LogP contribution in [0.1, 0.15) is 64.4 Å². The summed E-state index contributed by atoms with van der Waals surface area (Å²) in [6.07, 6.45) is 20.0.